The van der Waals surface area contributed by atoms with Gasteiger partial charge in [0.2, 0.25) is 5.91 Å². The van der Waals surface area contributed by atoms with Crippen LogP contribution in [0.1, 0.15) is 44.6 Å². The summed E-state index contributed by atoms with van der Waals surface area (Å²) >= 11 is 0. The third-order valence-corrected chi connectivity index (χ3v) is 4.05. The van der Waals surface area contributed by atoms with Crippen molar-refractivity contribution in [3.8, 4) is 0 Å². The molecule has 1 amide bonds. The van der Waals surface area contributed by atoms with Crippen LogP contribution in [0.3, 0.4) is 0 Å². The number of hydrogen-bond donors (Lipinski definition) is 1. The van der Waals surface area contributed by atoms with Crippen molar-refractivity contribution in [2.45, 2.75) is 45.2 Å². The molecule has 0 aliphatic carbocycles. The Balaban J connectivity index is 2.36. The predicted octanol–water partition coefficient (Wildman–Crippen LogP) is 2.11. The van der Waals surface area contributed by atoms with E-state index in [9.17, 15) is 4.79 Å². The molecule has 1 atom stereocenters. The van der Waals surface area contributed by atoms with Crippen LogP contribution in [0, 0.1) is 0 Å². The molecule has 4 nitrogen and oxygen atoms in total. The van der Waals surface area contributed by atoms with Crippen LogP contribution in [0.2, 0.25) is 0 Å². The monoisotopic (exact) mass is 250 g/mol. The van der Waals surface area contributed by atoms with Crippen LogP contribution in [0.5, 0.6) is 0 Å². The summed E-state index contributed by atoms with van der Waals surface area (Å²) in [6, 6.07) is 1.61. The molecule has 1 aliphatic heterocycles. The van der Waals surface area contributed by atoms with Crippen molar-refractivity contribution < 1.29 is 9.21 Å². The molecular weight excluding hydrogens is 228 g/mol. The summed E-state index contributed by atoms with van der Waals surface area (Å²) in [5.41, 5.74) is 1.02. The smallest absolute Gasteiger partial charge is 0.248 e. The van der Waals surface area contributed by atoms with Crippen molar-refractivity contribution in [2.24, 2.45) is 0 Å². The first-order valence-electron chi connectivity index (χ1n) is 6.56. The van der Waals surface area contributed by atoms with Crippen LogP contribution in [0.4, 0.5) is 0 Å². The second-order valence-electron chi connectivity index (χ2n) is 5.44. The van der Waals surface area contributed by atoms with Crippen LogP contribution in [-0.4, -0.2) is 29.9 Å². The lowest BCUT2D eigenvalue weighted by Crippen LogP contribution is -2.50. The molecule has 1 aromatic rings. The molecule has 1 unspecified atom stereocenters. The van der Waals surface area contributed by atoms with Crippen LogP contribution in [-0.2, 0) is 11.2 Å². The number of rotatable bonds is 3. The quantitative estimate of drug-likeness (QED) is 0.893. The highest BCUT2D eigenvalue weighted by atomic mass is 16.3. The fourth-order valence-electron chi connectivity index (χ4n) is 2.46. The zero-order valence-electron chi connectivity index (χ0n) is 11.6. The molecule has 18 heavy (non-hydrogen) atoms. The first-order valence-corrected chi connectivity index (χ1v) is 6.56. The van der Waals surface area contributed by atoms with E-state index in [1.807, 2.05) is 11.0 Å². The maximum atomic E-state index is 12.6. The third-order valence-electron chi connectivity index (χ3n) is 4.05. The summed E-state index contributed by atoms with van der Waals surface area (Å²) < 4.78 is 5.49. The van der Waals surface area contributed by atoms with Crippen molar-refractivity contribution >= 4 is 5.91 Å². The second kappa shape index (κ2) is 4.76. The fourth-order valence-corrected chi connectivity index (χ4v) is 2.46. The van der Waals surface area contributed by atoms with Gasteiger partial charge in [-0.05, 0) is 45.4 Å². The molecular formula is C14H22N2O2. The molecule has 1 aromatic heterocycles. The van der Waals surface area contributed by atoms with Gasteiger partial charge in [-0.1, -0.05) is 6.92 Å². The van der Waals surface area contributed by atoms with Gasteiger partial charge < -0.3 is 14.6 Å². The van der Waals surface area contributed by atoms with Gasteiger partial charge in [0.15, 0.2) is 0 Å². The Bertz CT molecular complexity index is 437. The number of nitrogens with zero attached hydrogens (tertiary/aromatic N) is 1. The molecule has 0 radical (unpaired) electrons. The second-order valence-corrected chi connectivity index (χ2v) is 5.44. The Hall–Kier alpha value is -1.29. The Kier molecular flexibility index (Phi) is 3.48. The van der Waals surface area contributed by atoms with Crippen molar-refractivity contribution in [3.05, 3.63) is 23.7 Å². The van der Waals surface area contributed by atoms with Crippen LogP contribution >= 0.6 is 0 Å². The highest BCUT2D eigenvalue weighted by molar-refractivity contribution is 5.84. The van der Waals surface area contributed by atoms with Gasteiger partial charge in [0.25, 0.3) is 0 Å². The standard InChI is InChI=1S/C14H22N2O2/c1-5-14(2,3)16-8-6-10-7-9-18-12(10)11(15-4)13(16)17/h7,9,11,15H,5-6,8H2,1-4H3. The van der Waals surface area contributed by atoms with Gasteiger partial charge in [-0.2, -0.15) is 0 Å². The topological polar surface area (TPSA) is 45.5 Å². The zero-order chi connectivity index (χ0) is 13.3. The van der Waals surface area contributed by atoms with Gasteiger partial charge in [0.1, 0.15) is 11.8 Å². The highest BCUT2D eigenvalue weighted by Gasteiger charge is 2.38. The van der Waals surface area contributed by atoms with E-state index in [1.54, 1.807) is 13.3 Å². The van der Waals surface area contributed by atoms with Crippen molar-refractivity contribution in [3.63, 3.8) is 0 Å². The SMILES string of the molecule is CCC(C)(C)N1CCc2ccoc2C(NC)C1=O. The molecule has 1 aliphatic rings. The molecule has 0 fully saturated rings. The summed E-state index contributed by atoms with van der Waals surface area (Å²) in [6.45, 7) is 7.10. The number of fused-ring (bicyclic) bond motifs is 1. The van der Waals surface area contributed by atoms with E-state index >= 15 is 0 Å². The van der Waals surface area contributed by atoms with Gasteiger partial charge in [-0.15, -0.1) is 0 Å². The summed E-state index contributed by atoms with van der Waals surface area (Å²) in [4.78, 5) is 14.6. The third kappa shape index (κ3) is 2.05. The van der Waals surface area contributed by atoms with Crippen molar-refractivity contribution in [1.82, 2.24) is 10.2 Å². The Labute approximate surface area is 108 Å². The largest absolute Gasteiger partial charge is 0.467 e. The van der Waals surface area contributed by atoms with Crippen LogP contribution in [0.25, 0.3) is 0 Å². The van der Waals surface area contributed by atoms with E-state index in [0.717, 1.165) is 30.7 Å². The van der Waals surface area contributed by atoms with Crippen molar-refractivity contribution in [1.29, 1.82) is 0 Å². The molecule has 0 saturated heterocycles. The Morgan fingerprint density at radius 1 is 1.56 bits per heavy atom. The minimum Gasteiger partial charge on any atom is -0.467 e. The lowest BCUT2D eigenvalue weighted by atomic mass is 9.98. The first kappa shape index (κ1) is 13.1. The van der Waals surface area contributed by atoms with E-state index < -0.39 is 0 Å². The minimum absolute atomic E-state index is 0.109. The Morgan fingerprint density at radius 3 is 2.89 bits per heavy atom. The van der Waals surface area contributed by atoms with E-state index in [1.165, 1.54) is 0 Å². The predicted molar refractivity (Wildman–Crippen MR) is 70.3 cm³/mol. The molecule has 0 bridgehead atoms. The number of carbonyl (C=O) groups is 1. The van der Waals surface area contributed by atoms with Gasteiger partial charge in [-0.25, -0.2) is 0 Å². The zero-order valence-corrected chi connectivity index (χ0v) is 11.6. The number of carbonyl (C=O) groups excluding carboxylic acids is 1. The van der Waals surface area contributed by atoms with Gasteiger partial charge in [-0.3, -0.25) is 4.79 Å². The molecule has 4 heteroatoms. The Morgan fingerprint density at radius 2 is 2.28 bits per heavy atom. The maximum Gasteiger partial charge on any atom is 0.248 e. The maximum absolute atomic E-state index is 12.6. The van der Waals surface area contributed by atoms with E-state index in [2.05, 4.69) is 26.1 Å². The van der Waals surface area contributed by atoms with Gasteiger partial charge >= 0.3 is 0 Å². The van der Waals surface area contributed by atoms with E-state index in [4.69, 9.17) is 4.42 Å². The summed E-state index contributed by atoms with van der Waals surface area (Å²) in [5, 5.41) is 3.08. The molecule has 2 heterocycles. The average molecular weight is 250 g/mol. The number of furan rings is 1. The molecule has 2 rings (SSSR count). The lowest BCUT2D eigenvalue weighted by Gasteiger charge is -2.38. The molecule has 0 saturated carbocycles. The molecule has 0 spiro atoms. The molecule has 0 aromatic carbocycles. The number of hydrogen-bond acceptors (Lipinski definition) is 3. The number of amides is 1. The van der Waals surface area contributed by atoms with Crippen LogP contribution < -0.4 is 5.32 Å². The minimum atomic E-state index is -0.358. The molecule has 100 valence electrons. The summed E-state index contributed by atoms with van der Waals surface area (Å²) in [7, 11) is 1.80. The average Bonchev–Trinajstić information content (AvgIpc) is 2.74. The number of likely N-dealkylation sites (N-methyl/N-ethyl adjacent to an activating group) is 1. The molecule has 1 N–H and O–H groups in total. The highest BCUT2D eigenvalue weighted by Crippen LogP contribution is 2.30. The van der Waals surface area contributed by atoms with Gasteiger partial charge in [0, 0.05) is 12.1 Å². The van der Waals surface area contributed by atoms with E-state index in [-0.39, 0.29) is 17.5 Å². The fraction of sp³-hybridized carbons (Fsp3) is 0.643. The van der Waals surface area contributed by atoms with Crippen molar-refractivity contribution in [2.75, 3.05) is 13.6 Å². The van der Waals surface area contributed by atoms with E-state index in [0.29, 0.717) is 0 Å². The van der Waals surface area contributed by atoms with Crippen LogP contribution in [0.15, 0.2) is 16.7 Å². The summed E-state index contributed by atoms with van der Waals surface area (Å²) in [5.74, 6) is 0.884. The number of nitrogens with one attached hydrogen (secondary N) is 1. The lowest BCUT2D eigenvalue weighted by molar-refractivity contribution is -0.139. The summed E-state index contributed by atoms with van der Waals surface area (Å²) in [6.07, 6.45) is 3.47. The normalized spacial score (nSPS) is 20.8. The first-order chi connectivity index (χ1) is 8.51. The van der Waals surface area contributed by atoms with Gasteiger partial charge in [0.05, 0.1) is 6.26 Å².